The summed E-state index contributed by atoms with van der Waals surface area (Å²) in [5, 5.41) is 13.6. The SMILES string of the molecule is COc1ccc(C(c2ccccc2)[C@H]2NC[C@H](O)[C@H]2OC(C)=O)cc1. The number of β-amino-alcohol motifs (C(OH)–C–C–N with tert-alkyl or cyclic N) is 1. The normalized spacial score (nSPS) is 23.9. The van der Waals surface area contributed by atoms with Gasteiger partial charge in [0.25, 0.3) is 0 Å². The third-order valence-corrected chi connectivity index (χ3v) is 4.59. The van der Waals surface area contributed by atoms with Crippen molar-refractivity contribution in [2.75, 3.05) is 13.7 Å². The first-order chi connectivity index (χ1) is 12.1. The highest BCUT2D eigenvalue weighted by Crippen LogP contribution is 2.34. The van der Waals surface area contributed by atoms with Crippen LogP contribution in [-0.2, 0) is 9.53 Å². The maximum Gasteiger partial charge on any atom is 0.303 e. The first-order valence-corrected chi connectivity index (χ1v) is 8.37. The summed E-state index contributed by atoms with van der Waals surface area (Å²) in [7, 11) is 1.63. The molecule has 0 aliphatic carbocycles. The molecule has 1 heterocycles. The second kappa shape index (κ2) is 7.68. The topological polar surface area (TPSA) is 67.8 Å². The Hall–Kier alpha value is -2.37. The number of nitrogens with one attached hydrogen (secondary N) is 1. The van der Waals surface area contributed by atoms with Crippen LogP contribution in [0, 0.1) is 0 Å². The van der Waals surface area contributed by atoms with Gasteiger partial charge in [-0.3, -0.25) is 4.79 Å². The molecule has 0 aromatic heterocycles. The number of esters is 1. The van der Waals surface area contributed by atoms with E-state index in [9.17, 15) is 9.90 Å². The molecule has 0 amide bonds. The molecule has 1 aliphatic rings. The molecule has 0 radical (unpaired) electrons. The zero-order valence-electron chi connectivity index (χ0n) is 14.4. The smallest absolute Gasteiger partial charge is 0.303 e. The van der Waals surface area contributed by atoms with Crippen LogP contribution in [0.5, 0.6) is 5.75 Å². The van der Waals surface area contributed by atoms with Crippen molar-refractivity contribution in [2.45, 2.75) is 31.1 Å². The maximum atomic E-state index is 11.5. The molecular weight excluding hydrogens is 318 g/mol. The summed E-state index contributed by atoms with van der Waals surface area (Å²) in [6.07, 6.45) is -1.32. The van der Waals surface area contributed by atoms with Crippen molar-refractivity contribution in [1.82, 2.24) is 5.32 Å². The number of hydrogen-bond donors (Lipinski definition) is 2. The lowest BCUT2D eigenvalue weighted by atomic mass is 9.83. The van der Waals surface area contributed by atoms with E-state index in [1.54, 1.807) is 7.11 Å². The summed E-state index contributed by atoms with van der Waals surface area (Å²) in [5.41, 5.74) is 2.16. The van der Waals surface area contributed by atoms with Crippen molar-refractivity contribution in [3.63, 3.8) is 0 Å². The van der Waals surface area contributed by atoms with E-state index in [1.165, 1.54) is 6.92 Å². The Kier molecular flexibility index (Phi) is 5.36. The van der Waals surface area contributed by atoms with E-state index in [4.69, 9.17) is 9.47 Å². The van der Waals surface area contributed by atoms with E-state index < -0.39 is 12.2 Å². The molecule has 1 unspecified atom stereocenters. The third kappa shape index (κ3) is 3.83. The molecule has 1 aliphatic heterocycles. The predicted molar refractivity (Wildman–Crippen MR) is 94.6 cm³/mol. The monoisotopic (exact) mass is 341 g/mol. The molecule has 1 fully saturated rings. The number of rotatable bonds is 5. The Balaban J connectivity index is 2.00. The predicted octanol–water partition coefficient (Wildman–Crippen LogP) is 2.09. The molecule has 5 heteroatoms. The Bertz CT molecular complexity index is 701. The van der Waals surface area contributed by atoms with Gasteiger partial charge in [0.2, 0.25) is 0 Å². The molecule has 132 valence electrons. The zero-order chi connectivity index (χ0) is 17.8. The second-order valence-corrected chi connectivity index (χ2v) is 6.24. The molecule has 0 bridgehead atoms. The highest BCUT2D eigenvalue weighted by atomic mass is 16.6. The van der Waals surface area contributed by atoms with Gasteiger partial charge in [0, 0.05) is 19.4 Å². The van der Waals surface area contributed by atoms with Crippen LogP contribution in [0.1, 0.15) is 24.0 Å². The Labute approximate surface area is 147 Å². The number of benzene rings is 2. The van der Waals surface area contributed by atoms with Gasteiger partial charge in [-0.25, -0.2) is 0 Å². The Morgan fingerprint density at radius 2 is 1.76 bits per heavy atom. The van der Waals surface area contributed by atoms with Crippen molar-refractivity contribution in [2.24, 2.45) is 0 Å². The minimum atomic E-state index is -0.724. The van der Waals surface area contributed by atoms with E-state index >= 15 is 0 Å². The van der Waals surface area contributed by atoms with E-state index in [-0.39, 0.29) is 17.9 Å². The van der Waals surface area contributed by atoms with Crippen LogP contribution in [-0.4, -0.2) is 43.0 Å². The van der Waals surface area contributed by atoms with Crippen molar-refractivity contribution >= 4 is 5.97 Å². The summed E-state index contributed by atoms with van der Waals surface area (Å²) >= 11 is 0. The first kappa shape index (κ1) is 17.5. The molecule has 2 aromatic rings. The molecule has 3 rings (SSSR count). The molecule has 2 N–H and O–H groups in total. The number of aliphatic hydroxyl groups is 1. The van der Waals surface area contributed by atoms with Crippen molar-refractivity contribution < 1.29 is 19.4 Å². The fourth-order valence-electron chi connectivity index (χ4n) is 3.46. The van der Waals surface area contributed by atoms with Crippen LogP contribution in [0.4, 0.5) is 0 Å². The van der Waals surface area contributed by atoms with Crippen LogP contribution in [0.25, 0.3) is 0 Å². The average molecular weight is 341 g/mol. The number of carbonyl (C=O) groups is 1. The summed E-state index contributed by atoms with van der Waals surface area (Å²) < 4.78 is 10.7. The van der Waals surface area contributed by atoms with Crippen LogP contribution in [0.15, 0.2) is 54.6 Å². The minimum absolute atomic E-state index is 0.0615. The molecule has 0 spiro atoms. The van der Waals surface area contributed by atoms with Crippen molar-refractivity contribution in [3.8, 4) is 5.75 Å². The van der Waals surface area contributed by atoms with Crippen molar-refractivity contribution in [3.05, 3.63) is 65.7 Å². The second-order valence-electron chi connectivity index (χ2n) is 6.24. The molecule has 25 heavy (non-hydrogen) atoms. The van der Waals surface area contributed by atoms with Crippen LogP contribution < -0.4 is 10.1 Å². The van der Waals surface area contributed by atoms with E-state index in [2.05, 4.69) is 5.32 Å². The number of aliphatic hydroxyl groups excluding tert-OH is 1. The fraction of sp³-hybridized carbons (Fsp3) is 0.350. The van der Waals surface area contributed by atoms with Gasteiger partial charge in [-0.2, -0.15) is 0 Å². The maximum absolute atomic E-state index is 11.5. The standard InChI is InChI=1S/C20H23NO4/c1-13(22)25-20-17(23)12-21-19(20)18(14-6-4-3-5-7-14)15-8-10-16(24-2)11-9-15/h3-11,17-21,23H,12H2,1-2H3/t17-,18?,19+,20+/m0/s1. The largest absolute Gasteiger partial charge is 0.497 e. The molecule has 2 aromatic carbocycles. The van der Waals surface area contributed by atoms with Crippen molar-refractivity contribution in [1.29, 1.82) is 0 Å². The van der Waals surface area contributed by atoms with Gasteiger partial charge in [-0.15, -0.1) is 0 Å². The molecule has 4 atom stereocenters. The van der Waals surface area contributed by atoms with E-state index in [0.29, 0.717) is 6.54 Å². The summed E-state index contributed by atoms with van der Waals surface area (Å²) in [5.74, 6) is 0.333. The van der Waals surface area contributed by atoms with Crippen LogP contribution >= 0.6 is 0 Å². The number of hydrogen-bond acceptors (Lipinski definition) is 5. The first-order valence-electron chi connectivity index (χ1n) is 8.37. The lowest BCUT2D eigenvalue weighted by Crippen LogP contribution is -2.41. The molecule has 5 nitrogen and oxygen atoms in total. The Morgan fingerprint density at radius 1 is 1.12 bits per heavy atom. The van der Waals surface area contributed by atoms with Gasteiger partial charge in [-0.1, -0.05) is 42.5 Å². The molecule has 1 saturated heterocycles. The fourth-order valence-corrected chi connectivity index (χ4v) is 3.46. The number of methoxy groups -OCH3 is 1. The average Bonchev–Trinajstić information content (AvgIpc) is 2.97. The summed E-state index contributed by atoms with van der Waals surface area (Å²) in [6.45, 7) is 1.76. The van der Waals surface area contributed by atoms with Gasteiger partial charge >= 0.3 is 5.97 Å². The van der Waals surface area contributed by atoms with Crippen LogP contribution in [0.2, 0.25) is 0 Å². The zero-order valence-corrected chi connectivity index (χ0v) is 14.4. The van der Waals surface area contributed by atoms with Gasteiger partial charge in [0.15, 0.2) is 0 Å². The van der Waals surface area contributed by atoms with E-state index in [0.717, 1.165) is 16.9 Å². The highest BCUT2D eigenvalue weighted by Gasteiger charge is 2.42. The van der Waals surface area contributed by atoms with Crippen LogP contribution in [0.3, 0.4) is 0 Å². The lowest BCUT2D eigenvalue weighted by Gasteiger charge is -2.30. The number of carbonyl (C=O) groups excluding carboxylic acids is 1. The molecule has 0 saturated carbocycles. The third-order valence-electron chi connectivity index (χ3n) is 4.59. The highest BCUT2D eigenvalue weighted by molar-refractivity contribution is 5.66. The van der Waals surface area contributed by atoms with Gasteiger partial charge in [-0.05, 0) is 23.3 Å². The lowest BCUT2D eigenvalue weighted by molar-refractivity contribution is -0.151. The van der Waals surface area contributed by atoms with Gasteiger partial charge in [0.1, 0.15) is 18.0 Å². The quantitative estimate of drug-likeness (QED) is 0.815. The van der Waals surface area contributed by atoms with E-state index in [1.807, 2.05) is 54.6 Å². The number of ether oxygens (including phenoxy) is 2. The minimum Gasteiger partial charge on any atom is -0.497 e. The molecular formula is C20H23NO4. The summed E-state index contributed by atoms with van der Waals surface area (Å²) in [6, 6.07) is 17.7. The van der Waals surface area contributed by atoms with Gasteiger partial charge in [0.05, 0.1) is 13.2 Å². The Morgan fingerprint density at radius 3 is 2.36 bits per heavy atom. The van der Waals surface area contributed by atoms with Gasteiger partial charge < -0.3 is 19.9 Å². The summed E-state index contributed by atoms with van der Waals surface area (Å²) in [4.78, 5) is 11.5.